The molecule has 18 heavy (non-hydrogen) atoms. The minimum atomic E-state index is 0.0958. The Hall–Kier alpha value is -0.970. The van der Waals surface area contributed by atoms with Crippen molar-refractivity contribution in [3.8, 4) is 0 Å². The van der Waals surface area contributed by atoms with Gasteiger partial charge in [0.2, 0.25) is 0 Å². The van der Waals surface area contributed by atoms with Crippen LogP contribution < -0.4 is 5.73 Å². The molecule has 3 unspecified atom stereocenters. The van der Waals surface area contributed by atoms with Crippen molar-refractivity contribution in [2.45, 2.75) is 38.4 Å². The Morgan fingerprint density at radius 2 is 2.22 bits per heavy atom. The van der Waals surface area contributed by atoms with Crippen LogP contribution in [0.1, 0.15) is 31.9 Å². The quantitative estimate of drug-likeness (QED) is 0.803. The first kappa shape index (κ1) is 15.1. The third-order valence-corrected chi connectivity index (χ3v) is 3.44. The molecule has 0 amide bonds. The monoisotopic (exact) mass is 251 g/mol. The van der Waals surface area contributed by atoms with Crippen LogP contribution in [-0.4, -0.2) is 42.7 Å². The minimum absolute atomic E-state index is 0.0958. The van der Waals surface area contributed by atoms with Crippen molar-refractivity contribution < 1.29 is 4.74 Å². The maximum Gasteiger partial charge on any atom is 0.0615 e. The second kappa shape index (κ2) is 7.46. The van der Waals surface area contributed by atoms with Crippen molar-refractivity contribution in [2.24, 2.45) is 5.73 Å². The molecule has 2 N–H and O–H groups in total. The fourth-order valence-corrected chi connectivity index (χ4v) is 2.19. The van der Waals surface area contributed by atoms with Crippen LogP contribution in [0, 0.1) is 0 Å². The van der Waals surface area contributed by atoms with Crippen LogP contribution >= 0.6 is 0 Å². The molecule has 0 aliphatic carbocycles. The lowest BCUT2D eigenvalue weighted by Gasteiger charge is -2.36. The van der Waals surface area contributed by atoms with Crippen molar-refractivity contribution in [1.82, 2.24) is 9.88 Å². The summed E-state index contributed by atoms with van der Waals surface area (Å²) in [5.74, 6) is 0. The summed E-state index contributed by atoms with van der Waals surface area (Å²) in [7, 11) is 3.82. The lowest BCUT2D eigenvalue weighted by molar-refractivity contribution is 0.0792. The average molecular weight is 251 g/mol. The van der Waals surface area contributed by atoms with E-state index in [1.54, 1.807) is 13.3 Å². The standard InChI is InChI=1S/C14H25N3O/c1-5-13(15)14(12-7-6-8-16-9-12)17(3)11(2)10-18-4/h6-9,11,13-14H,5,10,15H2,1-4H3. The number of rotatable bonds is 7. The molecule has 0 bridgehead atoms. The Morgan fingerprint density at radius 3 is 2.72 bits per heavy atom. The van der Waals surface area contributed by atoms with Gasteiger partial charge >= 0.3 is 0 Å². The smallest absolute Gasteiger partial charge is 0.0615 e. The van der Waals surface area contributed by atoms with Gasteiger partial charge in [0.25, 0.3) is 0 Å². The molecule has 0 saturated heterocycles. The fourth-order valence-electron chi connectivity index (χ4n) is 2.19. The zero-order chi connectivity index (χ0) is 13.5. The Kier molecular flexibility index (Phi) is 6.25. The predicted molar refractivity (Wildman–Crippen MR) is 74.3 cm³/mol. The van der Waals surface area contributed by atoms with Gasteiger partial charge in [-0.1, -0.05) is 13.0 Å². The number of methoxy groups -OCH3 is 1. The van der Waals surface area contributed by atoms with Gasteiger partial charge < -0.3 is 10.5 Å². The van der Waals surface area contributed by atoms with Gasteiger partial charge in [0.1, 0.15) is 0 Å². The van der Waals surface area contributed by atoms with Crippen LogP contribution in [-0.2, 0) is 4.74 Å². The summed E-state index contributed by atoms with van der Waals surface area (Å²) in [6.07, 6.45) is 4.62. The molecule has 0 spiro atoms. The van der Waals surface area contributed by atoms with Crippen LogP contribution in [0.3, 0.4) is 0 Å². The highest BCUT2D eigenvalue weighted by atomic mass is 16.5. The SMILES string of the molecule is CCC(N)C(c1cccnc1)N(C)C(C)COC. The summed E-state index contributed by atoms with van der Waals surface area (Å²) in [6, 6.07) is 4.63. The van der Waals surface area contributed by atoms with Gasteiger partial charge in [-0.2, -0.15) is 0 Å². The van der Waals surface area contributed by atoms with E-state index in [-0.39, 0.29) is 12.1 Å². The molecule has 4 heteroatoms. The van der Waals surface area contributed by atoms with Crippen molar-refractivity contribution >= 4 is 0 Å². The molecule has 4 nitrogen and oxygen atoms in total. The fraction of sp³-hybridized carbons (Fsp3) is 0.643. The highest BCUT2D eigenvalue weighted by Gasteiger charge is 2.26. The molecule has 1 aromatic rings. The zero-order valence-electron chi connectivity index (χ0n) is 11.8. The topological polar surface area (TPSA) is 51.4 Å². The van der Waals surface area contributed by atoms with Gasteiger partial charge in [-0.05, 0) is 32.0 Å². The summed E-state index contributed by atoms with van der Waals surface area (Å²) in [5, 5.41) is 0. The van der Waals surface area contributed by atoms with Gasteiger partial charge in [-0.15, -0.1) is 0 Å². The van der Waals surface area contributed by atoms with E-state index in [1.807, 2.05) is 12.3 Å². The van der Waals surface area contributed by atoms with E-state index in [9.17, 15) is 0 Å². The van der Waals surface area contributed by atoms with E-state index in [4.69, 9.17) is 10.5 Å². The molecule has 3 atom stereocenters. The maximum atomic E-state index is 6.27. The third kappa shape index (κ3) is 3.77. The zero-order valence-corrected chi connectivity index (χ0v) is 11.8. The number of pyridine rings is 1. The molecule has 1 heterocycles. The molecule has 1 rings (SSSR count). The molecular formula is C14H25N3O. The Bertz CT molecular complexity index is 331. The van der Waals surface area contributed by atoms with Crippen molar-refractivity contribution in [3.63, 3.8) is 0 Å². The molecule has 0 fully saturated rings. The Balaban J connectivity index is 2.92. The molecular weight excluding hydrogens is 226 g/mol. The van der Waals surface area contributed by atoms with E-state index in [1.165, 1.54) is 0 Å². The first-order valence-electron chi connectivity index (χ1n) is 6.48. The summed E-state index contributed by atoms with van der Waals surface area (Å²) in [4.78, 5) is 6.47. The van der Waals surface area contributed by atoms with Gasteiger partial charge in [0, 0.05) is 31.6 Å². The lowest BCUT2D eigenvalue weighted by Crippen LogP contribution is -2.44. The lowest BCUT2D eigenvalue weighted by atomic mass is 9.97. The van der Waals surface area contributed by atoms with Crippen molar-refractivity contribution in [3.05, 3.63) is 30.1 Å². The largest absolute Gasteiger partial charge is 0.383 e. The van der Waals surface area contributed by atoms with Gasteiger partial charge in [0.05, 0.1) is 12.6 Å². The van der Waals surface area contributed by atoms with Gasteiger partial charge in [-0.25, -0.2) is 0 Å². The third-order valence-electron chi connectivity index (χ3n) is 3.44. The Labute approximate surface area is 110 Å². The van der Waals surface area contributed by atoms with Crippen LogP contribution in [0.5, 0.6) is 0 Å². The van der Waals surface area contributed by atoms with E-state index >= 15 is 0 Å². The van der Waals surface area contributed by atoms with Gasteiger partial charge in [-0.3, -0.25) is 9.88 Å². The number of nitrogens with zero attached hydrogens (tertiary/aromatic N) is 2. The predicted octanol–water partition coefficient (Wildman–Crippen LogP) is 1.83. The molecule has 0 radical (unpaired) electrons. The van der Waals surface area contributed by atoms with Crippen molar-refractivity contribution in [1.29, 1.82) is 0 Å². The summed E-state index contributed by atoms with van der Waals surface area (Å²) >= 11 is 0. The van der Waals surface area contributed by atoms with E-state index < -0.39 is 0 Å². The Morgan fingerprint density at radius 1 is 1.50 bits per heavy atom. The summed E-state index contributed by atoms with van der Waals surface area (Å²) in [5.41, 5.74) is 7.44. The first-order chi connectivity index (χ1) is 8.61. The molecule has 102 valence electrons. The number of nitrogens with two attached hydrogens (primary N) is 1. The summed E-state index contributed by atoms with van der Waals surface area (Å²) in [6.45, 7) is 4.96. The number of hydrogen-bond donors (Lipinski definition) is 1. The van der Waals surface area contributed by atoms with Gasteiger partial charge in [0.15, 0.2) is 0 Å². The molecule has 0 aliphatic heterocycles. The van der Waals surface area contributed by atoms with Crippen LogP contribution in [0.2, 0.25) is 0 Å². The molecule has 0 saturated carbocycles. The minimum Gasteiger partial charge on any atom is -0.383 e. The average Bonchev–Trinajstić information content (AvgIpc) is 2.40. The number of likely N-dealkylation sites (N-methyl/N-ethyl adjacent to an activating group) is 1. The second-order valence-electron chi connectivity index (χ2n) is 4.77. The number of aromatic nitrogens is 1. The van der Waals surface area contributed by atoms with Crippen LogP contribution in [0.4, 0.5) is 0 Å². The molecule has 0 aliphatic rings. The first-order valence-corrected chi connectivity index (χ1v) is 6.48. The van der Waals surface area contributed by atoms with Crippen LogP contribution in [0.15, 0.2) is 24.5 Å². The van der Waals surface area contributed by atoms with Crippen molar-refractivity contribution in [2.75, 3.05) is 20.8 Å². The summed E-state index contributed by atoms with van der Waals surface area (Å²) < 4.78 is 5.23. The van der Waals surface area contributed by atoms with Crippen LogP contribution in [0.25, 0.3) is 0 Å². The van der Waals surface area contributed by atoms with E-state index in [2.05, 4.69) is 36.8 Å². The highest BCUT2D eigenvalue weighted by molar-refractivity contribution is 5.16. The number of ether oxygens (including phenoxy) is 1. The van der Waals surface area contributed by atoms with E-state index in [0.717, 1.165) is 12.0 Å². The normalized spacial score (nSPS) is 16.6. The second-order valence-corrected chi connectivity index (χ2v) is 4.77. The molecule has 0 aromatic carbocycles. The number of hydrogen-bond acceptors (Lipinski definition) is 4. The highest BCUT2D eigenvalue weighted by Crippen LogP contribution is 2.25. The maximum absolute atomic E-state index is 6.27. The van der Waals surface area contributed by atoms with E-state index in [0.29, 0.717) is 12.6 Å². The molecule has 1 aromatic heterocycles.